The highest BCUT2D eigenvalue weighted by Crippen LogP contribution is 2.31. The second kappa shape index (κ2) is 5.07. The molecular formula is C14H18FNO3. The van der Waals surface area contributed by atoms with E-state index in [9.17, 15) is 9.18 Å². The Hall–Kier alpha value is -1.78. The van der Waals surface area contributed by atoms with Crippen LogP contribution < -0.4 is 10.1 Å². The predicted octanol–water partition coefficient (Wildman–Crippen LogP) is 2.65. The molecule has 1 aromatic carbocycles. The number of alkyl carbamates (subject to hydrolysis) is 1. The second-order valence-corrected chi connectivity index (χ2v) is 5.55. The largest absolute Gasteiger partial charge is 0.485 e. The van der Waals surface area contributed by atoms with Crippen molar-refractivity contribution in [1.29, 1.82) is 0 Å². The molecule has 0 spiro atoms. The van der Waals surface area contributed by atoms with Crippen LogP contribution in [0.25, 0.3) is 0 Å². The number of carbonyl (C=O) groups is 1. The number of amides is 1. The number of rotatable bonds is 2. The van der Waals surface area contributed by atoms with Crippen LogP contribution in [0.1, 0.15) is 26.3 Å². The fourth-order valence-corrected chi connectivity index (χ4v) is 1.93. The van der Waals surface area contributed by atoms with Gasteiger partial charge in [0, 0.05) is 12.0 Å². The van der Waals surface area contributed by atoms with Gasteiger partial charge in [-0.3, -0.25) is 0 Å². The smallest absolute Gasteiger partial charge is 0.407 e. The molecule has 104 valence electrons. The Balaban J connectivity index is 1.85. The van der Waals surface area contributed by atoms with E-state index in [1.54, 1.807) is 26.8 Å². The molecule has 1 N–H and O–H groups in total. The van der Waals surface area contributed by atoms with Crippen LogP contribution in [-0.2, 0) is 11.2 Å². The summed E-state index contributed by atoms with van der Waals surface area (Å²) in [5, 5.41) is 2.63. The van der Waals surface area contributed by atoms with Gasteiger partial charge in [0.2, 0.25) is 0 Å². The molecule has 1 amide bonds. The van der Waals surface area contributed by atoms with E-state index in [-0.39, 0.29) is 11.9 Å². The topological polar surface area (TPSA) is 47.6 Å². The van der Waals surface area contributed by atoms with E-state index in [4.69, 9.17) is 9.47 Å². The maximum absolute atomic E-state index is 13.4. The normalized spacial score (nSPS) is 17.6. The minimum atomic E-state index is -0.532. The zero-order valence-corrected chi connectivity index (χ0v) is 11.3. The molecule has 2 rings (SSSR count). The van der Waals surface area contributed by atoms with Crippen molar-refractivity contribution in [3.05, 3.63) is 29.6 Å². The van der Waals surface area contributed by atoms with Crippen molar-refractivity contribution in [2.45, 2.75) is 38.9 Å². The van der Waals surface area contributed by atoms with E-state index >= 15 is 0 Å². The minimum Gasteiger partial charge on any atom is -0.485 e. The molecule has 0 bridgehead atoms. The first-order valence-electron chi connectivity index (χ1n) is 6.26. The molecule has 1 atom stereocenters. The maximum atomic E-state index is 13.4. The van der Waals surface area contributed by atoms with Gasteiger partial charge in [-0.2, -0.15) is 0 Å². The number of benzene rings is 1. The van der Waals surface area contributed by atoms with E-state index in [2.05, 4.69) is 5.32 Å². The van der Waals surface area contributed by atoms with Gasteiger partial charge in [-0.05, 0) is 26.8 Å². The van der Waals surface area contributed by atoms with Crippen LogP contribution in [0.2, 0.25) is 0 Å². The Bertz CT molecular complexity index is 482. The first kappa shape index (κ1) is 13.6. The molecule has 4 nitrogen and oxygen atoms in total. The average Bonchev–Trinajstić information content (AvgIpc) is 2.68. The van der Waals surface area contributed by atoms with Gasteiger partial charge in [0.15, 0.2) is 11.6 Å². The quantitative estimate of drug-likeness (QED) is 0.896. The first-order valence-corrected chi connectivity index (χ1v) is 6.26. The molecule has 1 aliphatic heterocycles. The summed E-state index contributed by atoms with van der Waals surface area (Å²) in [6.07, 6.45) is -0.157. The third-order valence-corrected chi connectivity index (χ3v) is 2.65. The first-order chi connectivity index (χ1) is 8.85. The van der Waals surface area contributed by atoms with Crippen LogP contribution in [0.15, 0.2) is 18.2 Å². The van der Waals surface area contributed by atoms with Gasteiger partial charge in [-0.15, -0.1) is 0 Å². The zero-order valence-electron chi connectivity index (χ0n) is 11.3. The number of hydrogen-bond acceptors (Lipinski definition) is 3. The van der Waals surface area contributed by atoms with E-state index in [1.807, 2.05) is 6.07 Å². The highest BCUT2D eigenvalue weighted by atomic mass is 19.1. The number of para-hydroxylation sites is 1. The molecule has 0 aromatic heterocycles. The number of carbonyl (C=O) groups excluding carboxylic acids is 1. The molecule has 0 fully saturated rings. The summed E-state index contributed by atoms with van der Waals surface area (Å²) < 4.78 is 24.0. The number of hydrogen-bond donors (Lipinski definition) is 1. The van der Waals surface area contributed by atoms with Crippen molar-refractivity contribution in [2.24, 2.45) is 0 Å². The van der Waals surface area contributed by atoms with Crippen molar-refractivity contribution in [1.82, 2.24) is 5.32 Å². The summed E-state index contributed by atoms with van der Waals surface area (Å²) in [5.74, 6) is -0.0734. The Kier molecular flexibility index (Phi) is 3.64. The fourth-order valence-electron chi connectivity index (χ4n) is 1.93. The molecular weight excluding hydrogens is 249 g/mol. The average molecular weight is 267 g/mol. The molecule has 0 aliphatic carbocycles. The standard InChI is InChI=1S/C14H18FNO3/c1-14(2,3)19-13(17)16-8-10-7-9-5-4-6-11(15)12(9)18-10/h4-6,10H,7-8H2,1-3H3,(H,16,17). The lowest BCUT2D eigenvalue weighted by Crippen LogP contribution is -2.38. The number of halogens is 1. The third-order valence-electron chi connectivity index (χ3n) is 2.65. The van der Waals surface area contributed by atoms with Crippen LogP contribution >= 0.6 is 0 Å². The van der Waals surface area contributed by atoms with Gasteiger partial charge in [-0.1, -0.05) is 12.1 Å². The van der Waals surface area contributed by atoms with Gasteiger partial charge in [0.1, 0.15) is 11.7 Å². The molecule has 0 saturated heterocycles. The maximum Gasteiger partial charge on any atom is 0.407 e. The molecule has 1 aliphatic rings. The lowest BCUT2D eigenvalue weighted by molar-refractivity contribution is 0.0505. The summed E-state index contributed by atoms with van der Waals surface area (Å²) in [6.45, 7) is 5.68. The number of ether oxygens (including phenoxy) is 2. The minimum absolute atomic E-state index is 0.251. The molecule has 5 heteroatoms. The lowest BCUT2D eigenvalue weighted by atomic mass is 10.1. The van der Waals surface area contributed by atoms with Crippen molar-refractivity contribution in [2.75, 3.05) is 6.54 Å². The molecule has 1 unspecified atom stereocenters. The van der Waals surface area contributed by atoms with Crippen molar-refractivity contribution in [3.8, 4) is 5.75 Å². The van der Waals surface area contributed by atoms with Gasteiger partial charge < -0.3 is 14.8 Å². The number of fused-ring (bicyclic) bond motifs is 1. The van der Waals surface area contributed by atoms with E-state index < -0.39 is 11.7 Å². The Labute approximate surface area is 111 Å². The summed E-state index contributed by atoms with van der Waals surface area (Å²) >= 11 is 0. The van der Waals surface area contributed by atoms with E-state index in [1.165, 1.54) is 6.07 Å². The van der Waals surface area contributed by atoms with Crippen LogP contribution in [0, 0.1) is 5.82 Å². The highest BCUT2D eigenvalue weighted by Gasteiger charge is 2.26. The summed E-state index contributed by atoms with van der Waals surface area (Å²) in [5.41, 5.74) is 0.298. The summed E-state index contributed by atoms with van der Waals surface area (Å²) in [7, 11) is 0. The van der Waals surface area contributed by atoms with Crippen LogP contribution in [-0.4, -0.2) is 24.3 Å². The highest BCUT2D eigenvalue weighted by molar-refractivity contribution is 5.67. The van der Waals surface area contributed by atoms with Crippen LogP contribution in [0.3, 0.4) is 0 Å². The Morgan fingerprint density at radius 3 is 2.89 bits per heavy atom. The Morgan fingerprint density at radius 1 is 1.53 bits per heavy atom. The molecule has 0 radical (unpaired) electrons. The van der Waals surface area contributed by atoms with E-state index in [0.29, 0.717) is 18.7 Å². The van der Waals surface area contributed by atoms with Crippen molar-refractivity contribution in [3.63, 3.8) is 0 Å². The third kappa shape index (κ3) is 3.59. The SMILES string of the molecule is CC(C)(C)OC(=O)NCC1Cc2cccc(F)c2O1. The van der Waals surface area contributed by atoms with Gasteiger partial charge >= 0.3 is 6.09 Å². The second-order valence-electron chi connectivity index (χ2n) is 5.55. The monoisotopic (exact) mass is 267 g/mol. The molecule has 1 heterocycles. The van der Waals surface area contributed by atoms with Gasteiger partial charge in [0.25, 0.3) is 0 Å². The van der Waals surface area contributed by atoms with Gasteiger partial charge in [-0.25, -0.2) is 9.18 Å². The summed E-state index contributed by atoms with van der Waals surface area (Å²) in [4.78, 5) is 11.5. The van der Waals surface area contributed by atoms with Crippen LogP contribution in [0.4, 0.5) is 9.18 Å². The molecule has 19 heavy (non-hydrogen) atoms. The van der Waals surface area contributed by atoms with Gasteiger partial charge in [0.05, 0.1) is 6.54 Å². The number of nitrogens with one attached hydrogen (secondary N) is 1. The van der Waals surface area contributed by atoms with E-state index in [0.717, 1.165) is 5.56 Å². The molecule has 1 aromatic rings. The fraction of sp³-hybridized carbons (Fsp3) is 0.500. The lowest BCUT2D eigenvalue weighted by Gasteiger charge is -2.20. The molecule has 0 saturated carbocycles. The summed E-state index contributed by atoms with van der Waals surface area (Å²) in [6, 6.07) is 4.84. The Morgan fingerprint density at radius 2 is 2.26 bits per heavy atom. The van der Waals surface area contributed by atoms with Crippen molar-refractivity contribution < 1.29 is 18.7 Å². The predicted molar refractivity (Wildman–Crippen MR) is 68.8 cm³/mol. The van der Waals surface area contributed by atoms with Crippen molar-refractivity contribution >= 4 is 6.09 Å². The van der Waals surface area contributed by atoms with Crippen LogP contribution in [0.5, 0.6) is 5.75 Å². The zero-order chi connectivity index (χ0) is 14.0.